The molecule has 0 spiro atoms. The predicted molar refractivity (Wildman–Crippen MR) is 65.1 cm³/mol. The third kappa shape index (κ3) is 3.85. The van der Waals surface area contributed by atoms with Crippen molar-refractivity contribution in [3.8, 4) is 0 Å². The third-order valence-corrected chi connectivity index (χ3v) is 2.95. The van der Waals surface area contributed by atoms with E-state index in [0.717, 1.165) is 13.1 Å². The van der Waals surface area contributed by atoms with Crippen LogP contribution in [0, 0.1) is 0 Å². The van der Waals surface area contributed by atoms with Crippen LogP contribution in [-0.4, -0.2) is 49.7 Å². The van der Waals surface area contributed by atoms with E-state index in [4.69, 9.17) is 9.47 Å². The summed E-state index contributed by atoms with van der Waals surface area (Å²) in [5.41, 5.74) is -1.06. The molecule has 0 aromatic heterocycles. The molecule has 0 N–H and O–H groups in total. The predicted octanol–water partition coefficient (Wildman–Crippen LogP) is 0.999. The van der Waals surface area contributed by atoms with Gasteiger partial charge in [-0.1, -0.05) is 6.92 Å². The van der Waals surface area contributed by atoms with Gasteiger partial charge in [0.2, 0.25) is 5.60 Å². The lowest BCUT2D eigenvalue weighted by molar-refractivity contribution is -0.186. The van der Waals surface area contributed by atoms with Gasteiger partial charge in [0.1, 0.15) is 0 Å². The number of carbonyl (C=O) groups is 2. The Bertz CT molecular complexity index is 275. The Morgan fingerprint density at radius 1 is 1.29 bits per heavy atom. The minimum Gasteiger partial charge on any atom is -0.466 e. The minimum absolute atomic E-state index is 0. The van der Waals surface area contributed by atoms with Crippen LogP contribution in [0.5, 0.6) is 0 Å². The fourth-order valence-electron chi connectivity index (χ4n) is 1.80. The van der Waals surface area contributed by atoms with Crippen LogP contribution < -0.4 is 0 Å². The lowest BCUT2D eigenvalue weighted by Gasteiger charge is -2.37. The molecule has 0 bridgehead atoms. The number of halogens is 1. The van der Waals surface area contributed by atoms with Gasteiger partial charge in [-0.3, -0.25) is 4.79 Å². The summed E-state index contributed by atoms with van der Waals surface area (Å²) in [6.45, 7) is 3.17. The molecule has 1 rings (SSSR count). The number of rotatable bonds is 3. The topological polar surface area (TPSA) is 55.8 Å². The molecule has 1 saturated heterocycles. The highest BCUT2D eigenvalue weighted by Gasteiger charge is 2.45. The third-order valence-electron chi connectivity index (χ3n) is 2.95. The minimum atomic E-state index is -1.06. The number of piperidine rings is 1. The van der Waals surface area contributed by atoms with Crippen molar-refractivity contribution in [2.24, 2.45) is 0 Å². The summed E-state index contributed by atoms with van der Waals surface area (Å²) in [4.78, 5) is 25.2. The van der Waals surface area contributed by atoms with Crippen LogP contribution in [-0.2, 0) is 19.1 Å². The molecule has 0 atom stereocenters. The summed E-state index contributed by atoms with van der Waals surface area (Å²) in [5.74, 6) is -0.794. The Balaban J connectivity index is 0.00000256. The van der Waals surface area contributed by atoms with Crippen molar-refractivity contribution in [2.75, 3.05) is 27.2 Å². The zero-order valence-electron chi connectivity index (χ0n) is 10.5. The first kappa shape index (κ1) is 16.2. The second kappa shape index (κ2) is 6.81. The SMILES string of the molecule is CCC(=O)OC1(C(=O)OC)CCN(C)CC1.Cl. The maximum atomic E-state index is 11.7. The van der Waals surface area contributed by atoms with Crippen LogP contribution in [0.1, 0.15) is 26.2 Å². The molecule has 0 aromatic rings. The summed E-state index contributed by atoms with van der Waals surface area (Å²) in [6, 6.07) is 0. The van der Waals surface area contributed by atoms with E-state index < -0.39 is 11.6 Å². The highest BCUT2D eigenvalue weighted by atomic mass is 35.5. The molecule has 0 radical (unpaired) electrons. The van der Waals surface area contributed by atoms with Gasteiger partial charge in [0.25, 0.3) is 0 Å². The van der Waals surface area contributed by atoms with Gasteiger partial charge in [-0.05, 0) is 7.05 Å². The quantitative estimate of drug-likeness (QED) is 0.713. The van der Waals surface area contributed by atoms with Crippen LogP contribution in [0.2, 0.25) is 0 Å². The van der Waals surface area contributed by atoms with Crippen LogP contribution >= 0.6 is 12.4 Å². The lowest BCUT2D eigenvalue weighted by atomic mass is 9.91. The molecular weight excluding hydrogens is 246 g/mol. The zero-order valence-corrected chi connectivity index (χ0v) is 11.3. The van der Waals surface area contributed by atoms with E-state index in [-0.39, 0.29) is 24.8 Å². The standard InChI is InChI=1S/C11H19NO4.ClH/c1-4-9(13)16-11(10(14)15-3)5-7-12(2)8-6-11;/h4-8H2,1-3H3;1H. The van der Waals surface area contributed by atoms with Crippen molar-refractivity contribution < 1.29 is 19.1 Å². The average Bonchev–Trinajstić information content (AvgIpc) is 2.31. The Morgan fingerprint density at radius 3 is 2.24 bits per heavy atom. The summed E-state index contributed by atoms with van der Waals surface area (Å²) >= 11 is 0. The molecule has 6 heteroatoms. The number of likely N-dealkylation sites (tertiary alicyclic amines) is 1. The summed E-state index contributed by atoms with van der Waals surface area (Å²) in [5, 5.41) is 0. The van der Waals surface area contributed by atoms with E-state index in [9.17, 15) is 9.59 Å². The molecule has 0 aliphatic carbocycles. The van der Waals surface area contributed by atoms with Gasteiger partial charge < -0.3 is 14.4 Å². The molecule has 0 amide bonds. The number of esters is 2. The first-order valence-corrected chi connectivity index (χ1v) is 5.53. The highest BCUT2D eigenvalue weighted by molar-refractivity contribution is 5.85. The molecule has 17 heavy (non-hydrogen) atoms. The Hall–Kier alpha value is -0.810. The number of hydrogen-bond acceptors (Lipinski definition) is 5. The van der Waals surface area contributed by atoms with Gasteiger partial charge in [0, 0.05) is 32.4 Å². The van der Waals surface area contributed by atoms with Crippen molar-refractivity contribution in [1.82, 2.24) is 4.90 Å². The van der Waals surface area contributed by atoms with E-state index in [2.05, 4.69) is 4.90 Å². The van der Waals surface area contributed by atoms with Gasteiger partial charge in [-0.25, -0.2) is 4.79 Å². The van der Waals surface area contributed by atoms with E-state index in [0.29, 0.717) is 12.8 Å². The van der Waals surface area contributed by atoms with Crippen molar-refractivity contribution >= 4 is 24.3 Å². The van der Waals surface area contributed by atoms with Gasteiger partial charge in [-0.2, -0.15) is 0 Å². The fourth-order valence-corrected chi connectivity index (χ4v) is 1.80. The van der Waals surface area contributed by atoms with E-state index in [1.807, 2.05) is 7.05 Å². The van der Waals surface area contributed by atoms with Gasteiger partial charge >= 0.3 is 11.9 Å². The van der Waals surface area contributed by atoms with Crippen molar-refractivity contribution in [1.29, 1.82) is 0 Å². The first-order valence-electron chi connectivity index (χ1n) is 5.53. The van der Waals surface area contributed by atoms with Crippen molar-refractivity contribution in [3.05, 3.63) is 0 Å². The Labute approximate surface area is 108 Å². The molecule has 100 valence electrons. The largest absolute Gasteiger partial charge is 0.466 e. The Kier molecular flexibility index (Phi) is 6.49. The normalized spacial score (nSPS) is 19.0. The lowest BCUT2D eigenvalue weighted by Crippen LogP contribution is -2.51. The zero-order chi connectivity index (χ0) is 12.2. The molecule has 1 aliphatic heterocycles. The van der Waals surface area contributed by atoms with Crippen molar-refractivity contribution in [2.45, 2.75) is 31.8 Å². The molecular formula is C11H20ClNO4. The number of nitrogens with zero attached hydrogens (tertiary/aromatic N) is 1. The summed E-state index contributed by atoms with van der Waals surface area (Å²) in [7, 11) is 3.30. The number of ether oxygens (including phenoxy) is 2. The van der Waals surface area contributed by atoms with Crippen LogP contribution in [0.15, 0.2) is 0 Å². The molecule has 1 heterocycles. The number of methoxy groups -OCH3 is 1. The summed E-state index contributed by atoms with van der Waals surface area (Å²) in [6.07, 6.45) is 1.28. The average molecular weight is 266 g/mol. The van der Waals surface area contributed by atoms with Crippen LogP contribution in [0.4, 0.5) is 0 Å². The van der Waals surface area contributed by atoms with Gasteiger partial charge in [0.15, 0.2) is 0 Å². The van der Waals surface area contributed by atoms with E-state index >= 15 is 0 Å². The van der Waals surface area contributed by atoms with E-state index in [1.165, 1.54) is 7.11 Å². The Morgan fingerprint density at radius 2 is 1.82 bits per heavy atom. The smallest absolute Gasteiger partial charge is 0.350 e. The molecule has 1 fully saturated rings. The fraction of sp³-hybridized carbons (Fsp3) is 0.818. The molecule has 0 unspecified atom stereocenters. The molecule has 0 saturated carbocycles. The molecule has 0 aromatic carbocycles. The molecule has 5 nitrogen and oxygen atoms in total. The number of hydrogen-bond donors (Lipinski definition) is 0. The first-order chi connectivity index (χ1) is 7.54. The van der Waals surface area contributed by atoms with E-state index in [1.54, 1.807) is 6.92 Å². The van der Waals surface area contributed by atoms with Crippen LogP contribution in [0.3, 0.4) is 0 Å². The molecule has 1 aliphatic rings. The highest BCUT2D eigenvalue weighted by Crippen LogP contribution is 2.27. The monoisotopic (exact) mass is 265 g/mol. The maximum absolute atomic E-state index is 11.7. The van der Waals surface area contributed by atoms with Crippen molar-refractivity contribution in [3.63, 3.8) is 0 Å². The van der Waals surface area contributed by atoms with Gasteiger partial charge in [0.05, 0.1) is 7.11 Å². The maximum Gasteiger partial charge on any atom is 0.350 e. The second-order valence-corrected chi connectivity index (χ2v) is 4.12. The van der Waals surface area contributed by atoms with Crippen LogP contribution in [0.25, 0.3) is 0 Å². The number of carbonyl (C=O) groups excluding carboxylic acids is 2. The van der Waals surface area contributed by atoms with Gasteiger partial charge in [-0.15, -0.1) is 12.4 Å². The second-order valence-electron chi connectivity index (χ2n) is 4.12. The summed E-state index contributed by atoms with van der Waals surface area (Å²) < 4.78 is 10.0.